The third-order valence-corrected chi connectivity index (χ3v) is 7.40. The molecule has 0 saturated heterocycles. The van der Waals surface area contributed by atoms with Gasteiger partial charge in [-0.3, -0.25) is 14.2 Å². The monoisotopic (exact) mass is 444 g/mol. The number of carbonyl (C=O) groups is 1. The minimum absolute atomic E-state index is 0.108. The van der Waals surface area contributed by atoms with Gasteiger partial charge in [0.05, 0.1) is 17.3 Å². The second kappa shape index (κ2) is 6.61. The molecule has 160 valence electrons. The number of fused-ring (bicyclic) bond motifs is 2. The standard InChI is InChI=1S/C21H18F2N4O3S/c1-27-11-12(10-24-27)15-8-14(9-16-19(15)25-20(28)21(16)5-2-6-21)26-31(29,30)18-4-3-13(22)7-17(18)23/h3-4,7-11,26H,2,5-6H2,1H3,(H,25,28). The predicted molar refractivity (Wildman–Crippen MR) is 110 cm³/mol. The smallest absolute Gasteiger partial charge is 0.264 e. The van der Waals surface area contributed by atoms with E-state index in [4.69, 9.17) is 0 Å². The van der Waals surface area contributed by atoms with E-state index in [2.05, 4.69) is 15.1 Å². The molecule has 7 nitrogen and oxygen atoms in total. The average molecular weight is 444 g/mol. The van der Waals surface area contributed by atoms with Crippen molar-refractivity contribution in [3.63, 3.8) is 0 Å². The van der Waals surface area contributed by atoms with Crippen LogP contribution in [-0.2, 0) is 27.3 Å². The van der Waals surface area contributed by atoms with Gasteiger partial charge in [0.25, 0.3) is 10.0 Å². The number of amides is 1. The van der Waals surface area contributed by atoms with Gasteiger partial charge < -0.3 is 5.32 Å². The van der Waals surface area contributed by atoms with E-state index in [1.54, 1.807) is 36.3 Å². The Bertz CT molecular complexity index is 1350. The zero-order valence-electron chi connectivity index (χ0n) is 16.4. The van der Waals surface area contributed by atoms with Crippen LogP contribution in [0.3, 0.4) is 0 Å². The van der Waals surface area contributed by atoms with Crippen LogP contribution in [0.2, 0.25) is 0 Å². The molecule has 1 aliphatic carbocycles. The second-order valence-electron chi connectivity index (χ2n) is 7.92. The fourth-order valence-electron chi connectivity index (χ4n) is 4.29. The minimum Gasteiger partial charge on any atom is -0.324 e. The van der Waals surface area contributed by atoms with Crippen molar-refractivity contribution in [1.29, 1.82) is 0 Å². The summed E-state index contributed by atoms with van der Waals surface area (Å²) in [5.41, 5.74) is 2.15. The highest BCUT2D eigenvalue weighted by molar-refractivity contribution is 7.92. The number of hydrogen-bond acceptors (Lipinski definition) is 4. The van der Waals surface area contributed by atoms with Gasteiger partial charge in [-0.05, 0) is 42.7 Å². The van der Waals surface area contributed by atoms with Gasteiger partial charge in [0.1, 0.15) is 16.5 Å². The number of carbonyl (C=O) groups excluding carboxylic acids is 1. The van der Waals surface area contributed by atoms with Crippen molar-refractivity contribution >= 4 is 27.3 Å². The van der Waals surface area contributed by atoms with Crippen LogP contribution >= 0.6 is 0 Å². The summed E-state index contributed by atoms with van der Waals surface area (Å²) in [5.74, 6) is -2.17. The molecular weight excluding hydrogens is 426 g/mol. The summed E-state index contributed by atoms with van der Waals surface area (Å²) in [6, 6.07) is 5.47. The van der Waals surface area contributed by atoms with Crippen molar-refractivity contribution in [2.24, 2.45) is 7.05 Å². The summed E-state index contributed by atoms with van der Waals surface area (Å²) in [6.07, 6.45) is 5.60. The molecule has 1 spiro atoms. The van der Waals surface area contributed by atoms with Gasteiger partial charge >= 0.3 is 0 Å². The van der Waals surface area contributed by atoms with Crippen molar-refractivity contribution < 1.29 is 22.0 Å². The Balaban J connectivity index is 1.64. The number of anilines is 2. The largest absolute Gasteiger partial charge is 0.324 e. The van der Waals surface area contributed by atoms with Gasteiger partial charge in [0, 0.05) is 36.1 Å². The van der Waals surface area contributed by atoms with E-state index in [0.717, 1.165) is 18.6 Å². The molecule has 0 bridgehead atoms. The maximum atomic E-state index is 14.1. The topological polar surface area (TPSA) is 93.1 Å². The molecule has 2 aliphatic rings. The lowest BCUT2D eigenvalue weighted by Gasteiger charge is -2.36. The SMILES string of the molecule is Cn1cc(-c2cc(NS(=O)(=O)c3ccc(F)cc3F)cc3c2NC(=O)C32CCC2)cn1. The van der Waals surface area contributed by atoms with Crippen LogP contribution in [0.5, 0.6) is 0 Å². The van der Waals surface area contributed by atoms with E-state index in [0.29, 0.717) is 41.3 Å². The third-order valence-electron chi connectivity index (χ3n) is 5.99. The average Bonchev–Trinajstić information content (AvgIpc) is 3.20. The number of benzene rings is 2. The number of aryl methyl sites for hydroxylation is 1. The molecular formula is C21H18F2N4O3S. The van der Waals surface area contributed by atoms with Crippen LogP contribution < -0.4 is 10.0 Å². The Kier molecular flexibility index (Phi) is 4.20. The highest BCUT2D eigenvalue weighted by atomic mass is 32.2. The number of nitrogens with zero attached hydrogens (tertiary/aromatic N) is 2. The van der Waals surface area contributed by atoms with Gasteiger partial charge in [-0.15, -0.1) is 0 Å². The molecule has 1 amide bonds. The molecule has 0 atom stereocenters. The Morgan fingerprint density at radius 1 is 1.19 bits per heavy atom. The summed E-state index contributed by atoms with van der Waals surface area (Å²) in [6.45, 7) is 0. The summed E-state index contributed by atoms with van der Waals surface area (Å²) in [4.78, 5) is 12.1. The Hall–Kier alpha value is -3.27. The molecule has 1 fully saturated rings. The highest BCUT2D eigenvalue weighted by Crippen LogP contribution is 2.54. The van der Waals surface area contributed by atoms with E-state index < -0.39 is 32.0 Å². The Morgan fingerprint density at radius 3 is 2.58 bits per heavy atom. The first-order valence-electron chi connectivity index (χ1n) is 9.66. The van der Waals surface area contributed by atoms with Crippen LogP contribution in [-0.4, -0.2) is 24.1 Å². The molecule has 2 N–H and O–H groups in total. The van der Waals surface area contributed by atoms with Gasteiger partial charge in [-0.1, -0.05) is 6.42 Å². The zero-order chi connectivity index (χ0) is 22.0. The fraction of sp³-hybridized carbons (Fsp3) is 0.238. The van der Waals surface area contributed by atoms with Gasteiger partial charge in [0.15, 0.2) is 0 Å². The first kappa shape index (κ1) is 19.7. The summed E-state index contributed by atoms with van der Waals surface area (Å²) >= 11 is 0. The maximum Gasteiger partial charge on any atom is 0.264 e. The molecule has 2 heterocycles. The number of rotatable bonds is 4. The molecule has 1 aromatic heterocycles. The van der Waals surface area contributed by atoms with E-state index >= 15 is 0 Å². The second-order valence-corrected chi connectivity index (χ2v) is 9.57. The van der Waals surface area contributed by atoms with Gasteiger partial charge in [0.2, 0.25) is 5.91 Å². The van der Waals surface area contributed by atoms with Crippen molar-refractivity contribution in [2.75, 3.05) is 10.0 Å². The van der Waals surface area contributed by atoms with Crippen LogP contribution in [0.4, 0.5) is 20.2 Å². The zero-order valence-corrected chi connectivity index (χ0v) is 17.3. The third kappa shape index (κ3) is 3.01. The first-order valence-corrected chi connectivity index (χ1v) is 11.1. The van der Waals surface area contributed by atoms with Gasteiger partial charge in [-0.25, -0.2) is 17.2 Å². The molecule has 0 unspecified atom stereocenters. The number of sulfonamides is 1. The highest BCUT2D eigenvalue weighted by Gasteiger charge is 2.52. The van der Waals surface area contributed by atoms with Crippen molar-refractivity contribution in [2.45, 2.75) is 29.6 Å². The van der Waals surface area contributed by atoms with E-state index in [9.17, 15) is 22.0 Å². The number of halogens is 2. The quantitative estimate of drug-likeness (QED) is 0.644. The van der Waals surface area contributed by atoms with Crippen LogP contribution in [0.15, 0.2) is 47.6 Å². The fourth-order valence-corrected chi connectivity index (χ4v) is 5.39. The first-order chi connectivity index (χ1) is 14.7. The summed E-state index contributed by atoms with van der Waals surface area (Å²) in [7, 11) is -2.58. The lowest BCUT2D eigenvalue weighted by Crippen LogP contribution is -2.40. The summed E-state index contributed by atoms with van der Waals surface area (Å²) < 4.78 is 57.0. The van der Waals surface area contributed by atoms with Crippen LogP contribution in [0.25, 0.3) is 11.1 Å². The van der Waals surface area contributed by atoms with Crippen LogP contribution in [0.1, 0.15) is 24.8 Å². The molecule has 5 rings (SSSR count). The lowest BCUT2D eigenvalue weighted by molar-refractivity contribution is -0.123. The van der Waals surface area contributed by atoms with Gasteiger partial charge in [-0.2, -0.15) is 5.10 Å². The molecule has 2 aromatic carbocycles. The minimum atomic E-state index is -4.33. The number of aromatic nitrogens is 2. The van der Waals surface area contributed by atoms with E-state index in [1.807, 2.05) is 0 Å². The predicted octanol–water partition coefficient (Wildman–Crippen LogP) is 3.54. The normalized spacial score (nSPS) is 16.7. The number of nitrogens with one attached hydrogen (secondary N) is 2. The molecule has 0 radical (unpaired) electrons. The van der Waals surface area contributed by atoms with Crippen molar-refractivity contribution in [3.05, 3.63) is 59.9 Å². The Morgan fingerprint density at radius 2 is 1.97 bits per heavy atom. The molecule has 1 aliphatic heterocycles. The lowest BCUT2D eigenvalue weighted by atomic mass is 9.65. The van der Waals surface area contributed by atoms with E-state index in [1.165, 1.54) is 0 Å². The molecule has 1 saturated carbocycles. The van der Waals surface area contributed by atoms with Crippen LogP contribution in [0, 0.1) is 11.6 Å². The maximum absolute atomic E-state index is 14.1. The van der Waals surface area contributed by atoms with Crippen molar-refractivity contribution in [3.8, 4) is 11.1 Å². The van der Waals surface area contributed by atoms with E-state index in [-0.39, 0.29) is 11.6 Å². The van der Waals surface area contributed by atoms with Crippen molar-refractivity contribution in [1.82, 2.24) is 9.78 Å². The summed E-state index contributed by atoms with van der Waals surface area (Å²) in [5, 5.41) is 7.11. The number of hydrogen-bond donors (Lipinski definition) is 2. The molecule has 10 heteroatoms. The Labute approximate surface area is 177 Å². The molecule has 31 heavy (non-hydrogen) atoms. The molecule has 3 aromatic rings.